The lowest BCUT2D eigenvalue weighted by Gasteiger charge is -2.15. The first-order chi connectivity index (χ1) is 9.59. The van der Waals surface area contributed by atoms with Gasteiger partial charge in [0, 0.05) is 22.7 Å². The van der Waals surface area contributed by atoms with Crippen LogP contribution in [0, 0.1) is 0 Å². The fourth-order valence-corrected chi connectivity index (χ4v) is 2.15. The van der Waals surface area contributed by atoms with Gasteiger partial charge in [-0.05, 0) is 13.0 Å². The van der Waals surface area contributed by atoms with Crippen LogP contribution in [0.25, 0.3) is 10.9 Å². The van der Waals surface area contributed by atoms with E-state index in [-0.39, 0.29) is 17.5 Å². The highest BCUT2D eigenvalue weighted by atomic mass is 16.7. The van der Waals surface area contributed by atoms with E-state index in [1.807, 2.05) is 37.4 Å². The number of H-pyrrole nitrogens is 1. The van der Waals surface area contributed by atoms with Gasteiger partial charge in [0.2, 0.25) is 0 Å². The van der Waals surface area contributed by atoms with Crippen molar-refractivity contribution in [2.45, 2.75) is 13.0 Å². The van der Waals surface area contributed by atoms with E-state index in [1.54, 1.807) is 0 Å². The van der Waals surface area contributed by atoms with Crippen LogP contribution in [0.4, 0.5) is 11.4 Å². The molecule has 1 unspecified atom stereocenters. The van der Waals surface area contributed by atoms with Crippen molar-refractivity contribution in [3.63, 3.8) is 0 Å². The molecule has 1 aromatic heterocycles. The number of aromatic nitrogens is 1. The molecule has 0 aliphatic rings. The largest absolute Gasteiger partial charge is 0.394 e. The highest BCUT2D eigenvalue weighted by Crippen LogP contribution is 2.26. The molecular weight excluding hydrogens is 258 g/mol. The molecule has 4 N–H and O–H groups in total. The smallest absolute Gasteiger partial charge is 0.255 e. The summed E-state index contributed by atoms with van der Waals surface area (Å²) < 4.78 is 0. The monoisotopic (exact) mass is 271 g/mol. The minimum absolute atomic E-state index is 0.0293. The Kier molecular flexibility index (Phi) is 2.80. The third kappa shape index (κ3) is 1.78. The van der Waals surface area contributed by atoms with Crippen LogP contribution in [0.5, 0.6) is 0 Å². The number of aromatic amines is 1. The van der Waals surface area contributed by atoms with Crippen LogP contribution >= 0.6 is 0 Å². The summed E-state index contributed by atoms with van der Waals surface area (Å²) in [6.45, 7) is 1.84. The van der Waals surface area contributed by atoms with Crippen molar-refractivity contribution in [2.75, 3.05) is 11.2 Å². The SMILES string of the molecule is CC(ONc1c(N)c(=O)c1=O)c1c[nH]c2ccccc12. The molecule has 1 heterocycles. The van der Waals surface area contributed by atoms with Gasteiger partial charge in [0.05, 0.1) is 0 Å². The standard InChI is InChI=1S/C14H13N3O3/c1-7(20-17-12-11(15)13(18)14(12)19)9-6-16-10-5-3-2-4-8(9)10/h2-7,16-17H,15H2,1H3. The lowest BCUT2D eigenvalue weighted by atomic mass is 10.1. The van der Waals surface area contributed by atoms with Crippen molar-refractivity contribution in [3.8, 4) is 0 Å². The van der Waals surface area contributed by atoms with Crippen LogP contribution in [0.2, 0.25) is 0 Å². The summed E-state index contributed by atoms with van der Waals surface area (Å²) in [7, 11) is 0. The summed E-state index contributed by atoms with van der Waals surface area (Å²) in [5, 5.41) is 1.04. The lowest BCUT2D eigenvalue weighted by Crippen LogP contribution is -2.37. The Morgan fingerprint density at radius 3 is 2.75 bits per heavy atom. The Morgan fingerprint density at radius 1 is 1.25 bits per heavy atom. The summed E-state index contributed by atoms with van der Waals surface area (Å²) in [5.41, 5.74) is 8.47. The lowest BCUT2D eigenvalue weighted by molar-refractivity contribution is 0.117. The number of para-hydroxylation sites is 1. The topological polar surface area (TPSA) is 97.2 Å². The van der Waals surface area contributed by atoms with E-state index in [1.165, 1.54) is 0 Å². The Morgan fingerprint density at radius 2 is 2.00 bits per heavy atom. The molecule has 1 atom stereocenters. The Labute approximate surface area is 113 Å². The number of hydrogen-bond donors (Lipinski definition) is 3. The third-order valence-corrected chi connectivity index (χ3v) is 3.34. The highest BCUT2D eigenvalue weighted by Gasteiger charge is 2.19. The van der Waals surface area contributed by atoms with Gasteiger partial charge < -0.3 is 10.7 Å². The summed E-state index contributed by atoms with van der Waals surface area (Å²) in [5.74, 6) is 0. The zero-order valence-corrected chi connectivity index (χ0v) is 10.8. The van der Waals surface area contributed by atoms with E-state index < -0.39 is 10.9 Å². The van der Waals surface area contributed by atoms with Gasteiger partial charge >= 0.3 is 0 Å². The molecule has 0 saturated carbocycles. The van der Waals surface area contributed by atoms with Gasteiger partial charge in [-0.25, -0.2) is 0 Å². The van der Waals surface area contributed by atoms with E-state index >= 15 is 0 Å². The first-order valence-electron chi connectivity index (χ1n) is 6.16. The van der Waals surface area contributed by atoms with Crippen molar-refractivity contribution in [3.05, 3.63) is 56.5 Å². The average Bonchev–Trinajstić information content (AvgIpc) is 2.90. The van der Waals surface area contributed by atoms with Crippen LogP contribution in [-0.2, 0) is 4.84 Å². The number of fused-ring (bicyclic) bond motifs is 1. The van der Waals surface area contributed by atoms with Crippen molar-refractivity contribution < 1.29 is 4.84 Å². The molecule has 0 radical (unpaired) electrons. The number of nitrogens with one attached hydrogen (secondary N) is 2. The molecule has 6 nitrogen and oxygen atoms in total. The van der Waals surface area contributed by atoms with E-state index in [9.17, 15) is 9.59 Å². The third-order valence-electron chi connectivity index (χ3n) is 3.34. The Balaban J connectivity index is 1.79. The maximum atomic E-state index is 11.2. The first-order valence-corrected chi connectivity index (χ1v) is 6.16. The van der Waals surface area contributed by atoms with E-state index in [0.29, 0.717) is 0 Å². The van der Waals surface area contributed by atoms with E-state index in [4.69, 9.17) is 10.6 Å². The number of nitrogens with two attached hydrogens (primary N) is 1. The Bertz CT molecular complexity index is 843. The van der Waals surface area contributed by atoms with E-state index in [0.717, 1.165) is 16.5 Å². The molecule has 3 aromatic rings. The molecule has 102 valence electrons. The van der Waals surface area contributed by atoms with Crippen molar-refractivity contribution in [2.24, 2.45) is 0 Å². The molecular formula is C14H13N3O3. The molecule has 0 fully saturated rings. The first kappa shape index (κ1) is 12.4. The maximum Gasteiger partial charge on any atom is 0.255 e. The van der Waals surface area contributed by atoms with Gasteiger partial charge in [-0.3, -0.25) is 19.9 Å². The van der Waals surface area contributed by atoms with Crippen molar-refractivity contribution in [1.82, 2.24) is 4.98 Å². The zero-order chi connectivity index (χ0) is 14.3. The van der Waals surface area contributed by atoms with Gasteiger partial charge in [0.1, 0.15) is 17.5 Å². The number of hydrogen-bond acceptors (Lipinski definition) is 5. The van der Waals surface area contributed by atoms with Gasteiger partial charge in [0.15, 0.2) is 0 Å². The summed E-state index contributed by atoms with van der Waals surface area (Å²) in [6, 6.07) is 7.82. The van der Waals surface area contributed by atoms with Crippen molar-refractivity contribution in [1.29, 1.82) is 0 Å². The molecule has 0 aliphatic heterocycles. The number of anilines is 2. The van der Waals surface area contributed by atoms with Gasteiger partial charge in [0.25, 0.3) is 10.9 Å². The van der Waals surface area contributed by atoms with Crippen LogP contribution in [-0.4, -0.2) is 4.98 Å². The molecule has 0 aliphatic carbocycles. The molecule has 0 saturated heterocycles. The van der Waals surface area contributed by atoms with Crippen molar-refractivity contribution >= 4 is 22.3 Å². The zero-order valence-electron chi connectivity index (χ0n) is 10.8. The minimum Gasteiger partial charge on any atom is -0.394 e. The van der Waals surface area contributed by atoms with Crippen LogP contribution in [0.15, 0.2) is 40.1 Å². The van der Waals surface area contributed by atoms with Crippen LogP contribution in [0.1, 0.15) is 18.6 Å². The minimum atomic E-state index is -0.671. The van der Waals surface area contributed by atoms with Gasteiger partial charge in [-0.15, -0.1) is 0 Å². The fourth-order valence-electron chi connectivity index (χ4n) is 2.15. The second-order valence-corrected chi connectivity index (χ2v) is 4.60. The molecule has 6 heteroatoms. The highest BCUT2D eigenvalue weighted by molar-refractivity contribution is 5.83. The maximum absolute atomic E-state index is 11.2. The van der Waals surface area contributed by atoms with Gasteiger partial charge in [-0.2, -0.15) is 0 Å². The molecule has 0 amide bonds. The average molecular weight is 271 g/mol. The predicted molar refractivity (Wildman–Crippen MR) is 77.2 cm³/mol. The molecule has 0 bridgehead atoms. The number of rotatable bonds is 4. The number of nitrogen functional groups attached to an aromatic ring is 1. The normalized spacial score (nSPS) is 12.8. The molecule has 0 spiro atoms. The second kappa shape index (κ2) is 4.50. The van der Waals surface area contributed by atoms with E-state index in [2.05, 4.69) is 10.5 Å². The summed E-state index contributed by atoms with van der Waals surface area (Å²) >= 11 is 0. The quantitative estimate of drug-likeness (QED) is 0.493. The second-order valence-electron chi connectivity index (χ2n) is 4.60. The molecule has 2 aromatic carbocycles. The van der Waals surface area contributed by atoms with Gasteiger partial charge in [-0.1, -0.05) is 18.2 Å². The molecule has 20 heavy (non-hydrogen) atoms. The fraction of sp³-hybridized carbons (Fsp3) is 0.143. The van der Waals surface area contributed by atoms with Crippen LogP contribution < -0.4 is 22.1 Å². The molecule has 3 rings (SSSR count). The summed E-state index contributed by atoms with van der Waals surface area (Å²) in [6.07, 6.45) is 1.54. The van der Waals surface area contributed by atoms with Crippen LogP contribution in [0.3, 0.4) is 0 Å². The Hall–Kier alpha value is -2.60. The summed E-state index contributed by atoms with van der Waals surface area (Å²) in [4.78, 5) is 30.8. The predicted octanol–water partition coefficient (Wildman–Crippen LogP) is 1.45. The number of benzene rings is 1.